The molecule has 11 heteroatoms. The number of para-hydroxylation sites is 1. The molecule has 5 fully saturated rings. The first kappa shape index (κ1) is 28.0. The summed E-state index contributed by atoms with van der Waals surface area (Å²) in [7, 11) is 0. The van der Waals surface area contributed by atoms with Crippen LogP contribution in [0.4, 0.5) is 24.9 Å². The molecule has 5 aliphatic carbocycles. The highest BCUT2D eigenvalue weighted by molar-refractivity contribution is 5.53. The van der Waals surface area contributed by atoms with Crippen molar-refractivity contribution in [2.24, 2.45) is 23.2 Å². The molecule has 5 aliphatic rings. The zero-order valence-electron chi connectivity index (χ0n) is 23.0. The Morgan fingerprint density at radius 3 is 2.49 bits per heavy atom. The van der Waals surface area contributed by atoms with Crippen LogP contribution in [0.25, 0.3) is 0 Å². The molecule has 4 bridgehead atoms. The number of aliphatic hydroxyl groups excluding tert-OH is 1. The molecule has 2 aromatic rings. The Morgan fingerprint density at radius 2 is 1.78 bits per heavy atom. The Morgan fingerprint density at radius 1 is 1.05 bits per heavy atom. The summed E-state index contributed by atoms with van der Waals surface area (Å²) >= 11 is 0. The van der Waals surface area contributed by atoms with Crippen LogP contribution < -0.4 is 20.7 Å². The monoisotopic (exact) mass is 570 g/mol. The van der Waals surface area contributed by atoms with Gasteiger partial charge in [0.25, 0.3) is 0 Å². The fourth-order valence-corrected chi connectivity index (χ4v) is 8.20. The summed E-state index contributed by atoms with van der Waals surface area (Å²) < 4.78 is 42.5. The molecule has 1 aromatic heterocycles. The molecule has 5 atom stereocenters. The molecule has 4 N–H and O–H groups in total. The molecule has 0 amide bonds. The Labute approximate surface area is 238 Å². The van der Waals surface area contributed by atoms with Crippen LogP contribution in [0.5, 0.6) is 5.75 Å². The Balaban J connectivity index is 1.10. The second kappa shape index (κ2) is 11.3. The number of nitrogens with zero attached hydrogens (tertiary/aromatic N) is 3. The molecule has 1 aromatic carbocycles. The minimum absolute atomic E-state index is 0.0287. The van der Waals surface area contributed by atoms with Gasteiger partial charge in [0.05, 0.1) is 12.3 Å². The van der Waals surface area contributed by atoms with Crippen molar-refractivity contribution in [2.45, 2.75) is 88.9 Å². The number of aromatic nitrogens is 2. The van der Waals surface area contributed by atoms with E-state index in [9.17, 15) is 23.5 Å². The third-order valence-electron chi connectivity index (χ3n) is 9.70. The lowest BCUT2D eigenvalue weighted by atomic mass is 9.47. The van der Waals surface area contributed by atoms with Gasteiger partial charge in [0.2, 0.25) is 5.95 Å². The Bertz CT molecular complexity index is 1260. The summed E-state index contributed by atoms with van der Waals surface area (Å²) in [4.78, 5) is 8.73. The standard InChI is InChI=1S/C30H37F3N6O2/c31-30(32,33)41-25-4-2-1-3-19(25)15-35-28-36-16-22(14-34)27(39-28)37-17-29-11-18-9-20(12-29)26(21(10-18)13-29)38-23-5-7-24(40)8-6-23/h1-4,16,18,20-21,23-24,26,38,40H,5-13,15,17H2,(H2,35,36,37,39)/t18?,20-,21+,23?,24?,26?,29?. The maximum absolute atomic E-state index is 12.8. The predicted octanol–water partition coefficient (Wildman–Crippen LogP) is 5.36. The van der Waals surface area contributed by atoms with Gasteiger partial charge in [-0.1, -0.05) is 18.2 Å². The largest absolute Gasteiger partial charge is 0.573 e. The van der Waals surface area contributed by atoms with Crippen LogP contribution in [0.15, 0.2) is 30.5 Å². The summed E-state index contributed by atoms with van der Waals surface area (Å²) in [5, 5.41) is 30.0. The molecule has 1 heterocycles. The molecule has 8 nitrogen and oxygen atoms in total. The number of nitriles is 1. The van der Waals surface area contributed by atoms with Crippen molar-refractivity contribution in [1.82, 2.24) is 15.3 Å². The SMILES string of the molecule is N#Cc1cnc(NCc2ccccc2OC(F)(F)F)nc1NCC12CC3C[C@H](C1)C(NC1CCC(O)CC1)[C@@H](C3)C2. The number of hydrogen-bond acceptors (Lipinski definition) is 8. The number of halogens is 3. The lowest BCUT2D eigenvalue weighted by molar-refractivity contribution is -0.274. The van der Waals surface area contributed by atoms with Crippen molar-refractivity contribution in [3.8, 4) is 11.8 Å². The third kappa shape index (κ3) is 6.38. The van der Waals surface area contributed by atoms with E-state index in [-0.39, 0.29) is 29.8 Å². The first-order valence-electron chi connectivity index (χ1n) is 14.7. The Kier molecular flexibility index (Phi) is 7.72. The van der Waals surface area contributed by atoms with Gasteiger partial charge in [0.15, 0.2) is 0 Å². The molecule has 41 heavy (non-hydrogen) atoms. The van der Waals surface area contributed by atoms with Crippen molar-refractivity contribution in [2.75, 3.05) is 17.2 Å². The van der Waals surface area contributed by atoms with E-state index in [2.05, 4.69) is 36.7 Å². The van der Waals surface area contributed by atoms with E-state index >= 15 is 0 Å². The lowest BCUT2D eigenvalue weighted by Gasteiger charge is -2.61. The summed E-state index contributed by atoms with van der Waals surface area (Å²) in [6.45, 7) is 0.757. The van der Waals surface area contributed by atoms with Crippen LogP contribution >= 0.6 is 0 Å². The third-order valence-corrected chi connectivity index (χ3v) is 9.70. The van der Waals surface area contributed by atoms with Crippen molar-refractivity contribution in [3.63, 3.8) is 0 Å². The molecular weight excluding hydrogens is 533 g/mol. The summed E-state index contributed by atoms with van der Waals surface area (Å²) in [5.74, 6) is 2.41. The van der Waals surface area contributed by atoms with Gasteiger partial charge in [-0.15, -0.1) is 13.2 Å². The van der Waals surface area contributed by atoms with Gasteiger partial charge < -0.3 is 25.8 Å². The molecule has 7 rings (SSSR count). The van der Waals surface area contributed by atoms with Crippen LogP contribution in [0.2, 0.25) is 0 Å². The Hall–Kier alpha value is -3.10. The second-order valence-corrected chi connectivity index (χ2v) is 12.6. The highest BCUT2D eigenvalue weighted by Crippen LogP contribution is 2.60. The first-order valence-corrected chi connectivity index (χ1v) is 14.7. The molecule has 0 saturated heterocycles. The van der Waals surface area contributed by atoms with Gasteiger partial charge in [-0.05, 0) is 87.0 Å². The number of benzene rings is 1. The maximum atomic E-state index is 12.8. The zero-order chi connectivity index (χ0) is 28.6. The zero-order valence-corrected chi connectivity index (χ0v) is 23.0. The molecule has 0 radical (unpaired) electrons. The van der Waals surface area contributed by atoms with Gasteiger partial charge in [-0.2, -0.15) is 10.2 Å². The molecule has 0 spiro atoms. The topological polar surface area (TPSA) is 115 Å². The molecule has 3 unspecified atom stereocenters. The lowest BCUT2D eigenvalue weighted by Crippen LogP contribution is -2.61. The minimum atomic E-state index is -4.79. The summed E-state index contributed by atoms with van der Waals surface area (Å²) in [6.07, 6.45) is 6.42. The number of aliphatic hydroxyl groups is 1. The van der Waals surface area contributed by atoms with E-state index in [4.69, 9.17) is 0 Å². The average molecular weight is 571 g/mol. The van der Waals surface area contributed by atoms with E-state index in [1.165, 1.54) is 37.6 Å². The predicted molar refractivity (Wildman–Crippen MR) is 147 cm³/mol. The van der Waals surface area contributed by atoms with E-state index in [0.29, 0.717) is 40.9 Å². The number of alkyl halides is 3. The van der Waals surface area contributed by atoms with Gasteiger partial charge >= 0.3 is 6.36 Å². The quantitative estimate of drug-likeness (QED) is 0.319. The smallest absolute Gasteiger partial charge is 0.405 e. The van der Waals surface area contributed by atoms with Crippen LogP contribution in [-0.2, 0) is 6.54 Å². The van der Waals surface area contributed by atoms with Gasteiger partial charge in [0, 0.05) is 30.7 Å². The van der Waals surface area contributed by atoms with Crippen LogP contribution in [0, 0.1) is 34.5 Å². The summed E-state index contributed by atoms with van der Waals surface area (Å²) in [5.41, 5.74) is 0.810. The number of hydrogen-bond donors (Lipinski definition) is 4. The molecule has 5 saturated carbocycles. The first-order chi connectivity index (χ1) is 19.7. The fraction of sp³-hybridized carbons (Fsp3) is 0.633. The maximum Gasteiger partial charge on any atom is 0.573 e. The van der Waals surface area contributed by atoms with Gasteiger partial charge in [-0.3, -0.25) is 0 Å². The van der Waals surface area contributed by atoms with Gasteiger partial charge in [-0.25, -0.2) is 4.98 Å². The minimum Gasteiger partial charge on any atom is -0.405 e. The van der Waals surface area contributed by atoms with Crippen molar-refractivity contribution in [1.29, 1.82) is 5.26 Å². The van der Waals surface area contributed by atoms with Crippen LogP contribution in [0.3, 0.4) is 0 Å². The fourth-order valence-electron chi connectivity index (χ4n) is 8.20. The molecule has 0 aliphatic heterocycles. The second-order valence-electron chi connectivity index (χ2n) is 12.6. The van der Waals surface area contributed by atoms with E-state index in [0.717, 1.165) is 51.0 Å². The highest BCUT2D eigenvalue weighted by atomic mass is 19.4. The number of ether oxygens (including phenoxy) is 1. The normalized spacial score (nSPS) is 32.4. The van der Waals surface area contributed by atoms with Crippen LogP contribution in [0.1, 0.15) is 68.9 Å². The number of rotatable bonds is 9. The van der Waals surface area contributed by atoms with Crippen LogP contribution in [-0.4, -0.2) is 46.2 Å². The van der Waals surface area contributed by atoms with Crippen molar-refractivity contribution >= 4 is 11.8 Å². The number of nitrogens with one attached hydrogen (secondary N) is 3. The van der Waals surface area contributed by atoms with E-state index in [1.54, 1.807) is 12.1 Å². The van der Waals surface area contributed by atoms with Gasteiger partial charge in [0.1, 0.15) is 23.2 Å². The van der Waals surface area contributed by atoms with Crippen molar-refractivity contribution < 1.29 is 23.0 Å². The molecule has 220 valence electrons. The van der Waals surface area contributed by atoms with E-state index < -0.39 is 6.36 Å². The van der Waals surface area contributed by atoms with E-state index in [1.807, 2.05) is 0 Å². The summed E-state index contributed by atoms with van der Waals surface area (Å²) in [6, 6.07) is 9.14. The average Bonchev–Trinajstić information content (AvgIpc) is 2.93. The number of anilines is 2. The molecular formula is C30H37F3N6O2. The highest BCUT2D eigenvalue weighted by Gasteiger charge is 2.55. The van der Waals surface area contributed by atoms with Crippen molar-refractivity contribution in [3.05, 3.63) is 41.6 Å².